The van der Waals surface area contributed by atoms with Crippen LogP contribution in [-0.4, -0.2) is 30.4 Å². The number of hydrogen-bond acceptors (Lipinski definition) is 3. The van der Waals surface area contributed by atoms with Gasteiger partial charge in [-0.1, -0.05) is 13.8 Å². The van der Waals surface area contributed by atoms with E-state index in [4.69, 9.17) is 5.73 Å². The number of rotatable bonds is 7. The summed E-state index contributed by atoms with van der Waals surface area (Å²) < 4.78 is 12.9. The summed E-state index contributed by atoms with van der Waals surface area (Å²) in [5.41, 5.74) is 6.36. The van der Waals surface area contributed by atoms with Gasteiger partial charge in [0.15, 0.2) is 0 Å². The van der Waals surface area contributed by atoms with Crippen LogP contribution in [0.3, 0.4) is 0 Å². The molecule has 0 fully saturated rings. The molecule has 0 aliphatic heterocycles. The highest BCUT2D eigenvalue weighted by Crippen LogP contribution is 2.19. The minimum atomic E-state index is -0.408. The Kier molecular flexibility index (Phi) is 6.62. The fraction of sp³-hybridized carbons (Fsp3) is 0.562. The molecule has 1 atom stereocenters. The number of nitrogens with one attached hydrogen (secondary N) is 1. The number of nitrogen functional groups attached to an aromatic ring is 1. The summed E-state index contributed by atoms with van der Waals surface area (Å²) in [5.74, 6) is 0.0801. The van der Waals surface area contributed by atoms with Crippen LogP contribution in [0, 0.1) is 11.7 Å². The molecular weight excluding hydrogens is 269 g/mol. The molecule has 0 radical (unpaired) electrons. The van der Waals surface area contributed by atoms with E-state index in [9.17, 15) is 9.18 Å². The van der Waals surface area contributed by atoms with Crippen molar-refractivity contribution in [3.8, 4) is 0 Å². The van der Waals surface area contributed by atoms with E-state index in [1.807, 2.05) is 0 Å². The summed E-state index contributed by atoms with van der Waals surface area (Å²) in [4.78, 5) is 14.1. The lowest BCUT2D eigenvalue weighted by Crippen LogP contribution is -2.34. The normalized spacial score (nSPS) is 12.7. The van der Waals surface area contributed by atoms with Gasteiger partial charge in [0.25, 0.3) is 0 Å². The van der Waals surface area contributed by atoms with E-state index in [-0.39, 0.29) is 11.6 Å². The van der Waals surface area contributed by atoms with Crippen LogP contribution in [0.2, 0.25) is 0 Å². The van der Waals surface area contributed by atoms with Gasteiger partial charge in [-0.2, -0.15) is 0 Å². The van der Waals surface area contributed by atoms with Gasteiger partial charge in [0.05, 0.1) is 11.4 Å². The maximum Gasteiger partial charge on any atom is 0.224 e. The molecular formula is C16H26FN3O. The van der Waals surface area contributed by atoms with E-state index in [1.54, 1.807) is 0 Å². The number of carbonyl (C=O) groups excluding carboxylic acids is 1. The zero-order chi connectivity index (χ0) is 16.0. The SMILES string of the molecule is CC(C)C(C)N(C)CCCC(=O)Nc1ccc(F)cc1N. The third-order valence-electron chi connectivity index (χ3n) is 3.86. The van der Waals surface area contributed by atoms with Gasteiger partial charge >= 0.3 is 0 Å². The number of amides is 1. The molecule has 21 heavy (non-hydrogen) atoms. The summed E-state index contributed by atoms with van der Waals surface area (Å²) >= 11 is 0. The molecule has 0 heterocycles. The number of anilines is 2. The molecule has 0 aliphatic rings. The van der Waals surface area contributed by atoms with Crippen LogP contribution in [-0.2, 0) is 4.79 Å². The first kappa shape index (κ1) is 17.4. The maximum absolute atomic E-state index is 12.9. The van der Waals surface area contributed by atoms with Gasteiger partial charge in [0.2, 0.25) is 5.91 Å². The summed E-state index contributed by atoms with van der Waals surface area (Å²) in [7, 11) is 2.07. The molecule has 1 aromatic carbocycles. The van der Waals surface area contributed by atoms with Crippen LogP contribution in [0.25, 0.3) is 0 Å². The first-order valence-corrected chi connectivity index (χ1v) is 7.36. The number of hydrogen-bond donors (Lipinski definition) is 2. The van der Waals surface area contributed by atoms with E-state index in [1.165, 1.54) is 18.2 Å². The Morgan fingerprint density at radius 3 is 2.62 bits per heavy atom. The van der Waals surface area contributed by atoms with Crippen molar-refractivity contribution in [2.75, 3.05) is 24.6 Å². The molecule has 1 aromatic rings. The molecule has 3 N–H and O–H groups in total. The minimum absolute atomic E-state index is 0.0982. The molecule has 1 unspecified atom stereocenters. The van der Waals surface area contributed by atoms with Crippen molar-refractivity contribution >= 4 is 17.3 Å². The van der Waals surface area contributed by atoms with Gasteiger partial charge < -0.3 is 16.0 Å². The summed E-state index contributed by atoms with van der Waals surface area (Å²) in [6.07, 6.45) is 1.20. The largest absolute Gasteiger partial charge is 0.397 e. The number of nitrogens with zero attached hydrogens (tertiary/aromatic N) is 1. The van der Waals surface area contributed by atoms with E-state index in [0.717, 1.165) is 13.0 Å². The molecule has 118 valence electrons. The quantitative estimate of drug-likeness (QED) is 0.760. The van der Waals surface area contributed by atoms with Crippen LogP contribution < -0.4 is 11.1 Å². The van der Waals surface area contributed by atoms with E-state index < -0.39 is 5.82 Å². The van der Waals surface area contributed by atoms with Gasteiger partial charge in [0.1, 0.15) is 5.82 Å². The van der Waals surface area contributed by atoms with Crippen molar-refractivity contribution in [1.82, 2.24) is 4.90 Å². The molecule has 0 saturated carbocycles. The maximum atomic E-state index is 12.9. The third kappa shape index (κ3) is 5.71. The lowest BCUT2D eigenvalue weighted by molar-refractivity contribution is -0.116. The Morgan fingerprint density at radius 1 is 1.38 bits per heavy atom. The van der Waals surface area contributed by atoms with Crippen LogP contribution in [0.15, 0.2) is 18.2 Å². The van der Waals surface area contributed by atoms with Crippen LogP contribution in [0.1, 0.15) is 33.6 Å². The van der Waals surface area contributed by atoms with Crippen molar-refractivity contribution in [3.63, 3.8) is 0 Å². The predicted octanol–water partition coefficient (Wildman–Crippen LogP) is 3.10. The molecule has 1 rings (SSSR count). The van der Waals surface area contributed by atoms with Crippen molar-refractivity contribution in [1.29, 1.82) is 0 Å². The first-order valence-electron chi connectivity index (χ1n) is 7.36. The van der Waals surface area contributed by atoms with Gasteiger partial charge in [0, 0.05) is 12.5 Å². The topological polar surface area (TPSA) is 58.4 Å². The van der Waals surface area contributed by atoms with Gasteiger partial charge in [-0.3, -0.25) is 4.79 Å². The second-order valence-electron chi connectivity index (χ2n) is 5.85. The first-order chi connectivity index (χ1) is 9.81. The molecule has 5 heteroatoms. The fourth-order valence-electron chi connectivity index (χ4n) is 2.06. The Hall–Kier alpha value is -1.62. The Bertz CT molecular complexity index is 477. The standard InChI is InChI=1S/C16H26FN3O/c1-11(2)12(3)20(4)9-5-6-16(21)19-15-8-7-13(17)10-14(15)18/h7-8,10-12H,5-6,9,18H2,1-4H3,(H,19,21). The highest BCUT2D eigenvalue weighted by Gasteiger charge is 2.13. The highest BCUT2D eigenvalue weighted by molar-refractivity contribution is 5.93. The van der Waals surface area contributed by atoms with E-state index in [2.05, 4.69) is 38.0 Å². The number of nitrogens with two attached hydrogens (primary N) is 1. The van der Waals surface area contributed by atoms with Crippen molar-refractivity contribution in [2.45, 2.75) is 39.7 Å². The molecule has 0 bridgehead atoms. The average molecular weight is 295 g/mol. The zero-order valence-corrected chi connectivity index (χ0v) is 13.3. The second kappa shape index (κ2) is 7.98. The number of carbonyl (C=O) groups is 1. The van der Waals surface area contributed by atoms with E-state index >= 15 is 0 Å². The number of benzene rings is 1. The molecule has 0 spiro atoms. The molecule has 0 aromatic heterocycles. The molecule has 1 amide bonds. The molecule has 0 aliphatic carbocycles. The van der Waals surface area contributed by atoms with Crippen LogP contribution in [0.4, 0.5) is 15.8 Å². The van der Waals surface area contributed by atoms with Crippen LogP contribution in [0.5, 0.6) is 0 Å². The third-order valence-corrected chi connectivity index (χ3v) is 3.86. The minimum Gasteiger partial charge on any atom is -0.397 e. The van der Waals surface area contributed by atoms with Crippen molar-refractivity contribution in [2.24, 2.45) is 5.92 Å². The van der Waals surface area contributed by atoms with Gasteiger partial charge in [-0.05, 0) is 51.1 Å². The monoisotopic (exact) mass is 295 g/mol. The average Bonchev–Trinajstić information content (AvgIpc) is 2.40. The molecule has 0 saturated heterocycles. The Morgan fingerprint density at radius 2 is 2.05 bits per heavy atom. The van der Waals surface area contributed by atoms with Crippen molar-refractivity contribution in [3.05, 3.63) is 24.0 Å². The Balaban J connectivity index is 2.38. The highest BCUT2D eigenvalue weighted by atomic mass is 19.1. The second-order valence-corrected chi connectivity index (χ2v) is 5.85. The van der Waals surface area contributed by atoms with Crippen molar-refractivity contribution < 1.29 is 9.18 Å². The summed E-state index contributed by atoms with van der Waals surface area (Å²) in [5, 5.41) is 2.71. The Labute approximate surface area is 126 Å². The lowest BCUT2D eigenvalue weighted by Gasteiger charge is -2.27. The predicted molar refractivity (Wildman–Crippen MR) is 85.6 cm³/mol. The summed E-state index contributed by atoms with van der Waals surface area (Å²) in [6, 6.07) is 4.45. The molecule has 4 nitrogen and oxygen atoms in total. The fourth-order valence-corrected chi connectivity index (χ4v) is 2.06. The zero-order valence-electron chi connectivity index (χ0n) is 13.3. The van der Waals surface area contributed by atoms with Gasteiger partial charge in [-0.15, -0.1) is 0 Å². The number of halogens is 1. The van der Waals surface area contributed by atoms with E-state index in [0.29, 0.717) is 24.1 Å². The van der Waals surface area contributed by atoms with Gasteiger partial charge in [-0.25, -0.2) is 4.39 Å². The van der Waals surface area contributed by atoms with Crippen LogP contribution >= 0.6 is 0 Å². The smallest absolute Gasteiger partial charge is 0.224 e. The lowest BCUT2D eigenvalue weighted by atomic mass is 10.1. The summed E-state index contributed by atoms with van der Waals surface area (Å²) in [6.45, 7) is 7.42.